The third-order valence-electron chi connectivity index (χ3n) is 3.86. The summed E-state index contributed by atoms with van der Waals surface area (Å²) in [5.74, 6) is -0.431. The van der Waals surface area contributed by atoms with Crippen LogP contribution >= 0.6 is 11.3 Å². The van der Waals surface area contributed by atoms with E-state index in [4.69, 9.17) is 4.42 Å². The number of carbonyl (C=O) groups is 1. The fourth-order valence-corrected chi connectivity index (χ4v) is 3.37. The molecule has 1 amide bonds. The predicted molar refractivity (Wildman–Crippen MR) is 102 cm³/mol. The summed E-state index contributed by atoms with van der Waals surface area (Å²) in [6, 6.07) is 8.05. The van der Waals surface area contributed by atoms with Crippen LogP contribution in [0.3, 0.4) is 0 Å². The van der Waals surface area contributed by atoms with E-state index in [1.807, 2.05) is 5.38 Å². The van der Waals surface area contributed by atoms with Gasteiger partial charge in [0.15, 0.2) is 11.2 Å². The van der Waals surface area contributed by atoms with Crippen LogP contribution in [-0.4, -0.2) is 27.4 Å². The van der Waals surface area contributed by atoms with Crippen molar-refractivity contribution >= 4 is 28.2 Å². The summed E-state index contributed by atoms with van der Waals surface area (Å²) in [5.41, 5.74) is 1.72. The molecule has 0 saturated heterocycles. The number of amides is 1. The fraction of sp³-hybridized carbons (Fsp3) is 0.105. The average Bonchev–Trinajstić information content (AvgIpc) is 3.17. The molecule has 0 aliphatic carbocycles. The number of nitrogens with one attached hydrogen (secondary N) is 1. The van der Waals surface area contributed by atoms with E-state index in [0.29, 0.717) is 23.9 Å². The summed E-state index contributed by atoms with van der Waals surface area (Å²) >= 11 is 1.48. The van der Waals surface area contributed by atoms with Gasteiger partial charge in [0, 0.05) is 36.8 Å². The highest BCUT2D eigenvalue weighted by Gasteiger charge is 2.12. The number of nitrogens with zero attached hydrogens (tertiary/aromatic N) is 3. The van der Waals surface area contributed by atoms with E-state index < -0.39 is 5.91 Å². The van der Waals surface area contributed by atoms with Gasteiger partial charge in [0.1, 0.15) is 16.3 Å². The Kier molecular flexibility index (Phi) is 4.71. The number of fused-ring (bicyclic) bond motifs is 1. The smallest absolute Gasteiger partial charge is 0.287 e. The van der Waals surface area contributed by atoms with Crippen molar-refractivity contribution in [1.29, 1.82) is 0 Å². The van der Waals surface area contributed by atoms with E-state index in [1.54, 1.807) is 42.9 Å². The zero-order chi connectivity index (χ0) is 18.6. The number of rotatable bonds is 5. The lowest BCUT2D eigenvalue weighted by Gasteiger charge is -2.04. The molecular formula is C19H14N4O3S. The molecule has 27 heavy (non-hydrogen) atoms. The minimum Gasteiger partial charge on any atom is -0.451 e. The van der Waals surface area contributed by atoms with E-state index in [0.717, 1.165) is 16.4 Å². The van der Waals surface area contributed by atoms with E-state index in [1.165, 1.54) is 17.4 Å². The van der Waals surface area contributed by atoms with Gasteiger partial charge in [-0.2, -0.15) is 0 Å². The Bertz CT molecular complexity index is 1150. The lowest BCUT2D eigenvalue weighted by atomic mass is 10.2. The third kappa shape index (κ3) is 3.75. The quantitative estimate of drug-likeness (QED) is 0.573. The molecule has 0 aliphatic rings. The lowest BCUT2D eigenvalue weighted by molar-refractivity contribution is 0.0927. The van der Waals surface area contributed by atoms with Crippen molar-refractivity contribution in [3.8, 4) is 10.7 Å². The number of para-hydroxylation sites is 1. The second kappa shape index (κ2) is 7.46. The van der Waals surface area contributed by atoms with Gasteiger partial charge in [0.05, 0.1) is 17.3 Å². The topological polar surface area (TPSA) is 98.0 Å². The normalized spacial score (nSPS) is 10.8. The molecule has 4 aromatic rings. The predicted octanol–water partition coefficient (Wildman–Crippen LogP) is 2.68. The van der Waals surface area contributed by atoms with E-state index in [9.17, 15) is 9.59 Å². The average molecular weight is 378 g/mol. The molecule has 1 N–H and O–H groups in total. The Hall–Kier alpha value is -3.39. The highest BCUT2D eigenvalue weighted by Crippen LogP contribution is 2.20. The van der Waals surface area contributed by atoms with E-state index >= 15 is 0 Å². The SMILES string of the molecule is O=C(NCCc1csc(-c2cnccn2)n1)c1cc(=O)c2ccccc2o1. The summed E-state index contributed by atoms with van der Waals surface area (Å²) in [6.07, 6.45) is 5.44. The maximum absolute atomic E-state index is 12.3. The van der Waals surface area contributed by atoms with Crippen molar-refractivity contribution < 1.29 is 9.21 Å². The molecule has 0 aliphatic heterocycles. The molecule has 0 unspecified atom stereocenters. The van der Waals surface area contributed by atoms with Crippen molar-refractivity contribution in [2.24, 2.45) is 0 Å². The summed E-state index contributed by atoms with van der Waals surface area (Å²) in [5, 5.41) is 5.91. The Balaban J connectivity index is 1.40. The van der Waals surface area contributed by atoms with Gasteiger partial charge in [-0.15, -0.1) is 11.3 Å². The van der Waals surface area contributed by atoms with Crippen molar-refractivity contribution in [1.82, 2.24) is 20.3 Å². The van der Waals surface area contributed by atoms with E-state index in [-0.39, 0.29) is 11.2 Å². The van der Waals surface area contributed by atoms with Crippen molar-refractivity contribution in [3.63, 3.8) is 0 Å². The number of thiazole rings is 1. The second-order valence-corrected chi connectivity index (χ2v) is 6.57. The van der Waals surface area contributed by atoms with E-state index in [2.05, 4.69) is 20.3 Å². The van der Waals surface area contributed by atoms with Gasteiger partial charge in [0.25, 0.3) is 5.91 Å². The van der Waals surface area contributed by atoms with Gasteiger partial charge in [-0.1, -0.05) is 12.1 Å². The number of hydrogen-bond acceptors (Lipinski definition) is 7. The van der Waals surface area contributed by atoms with Gasteiger partial charge < -0.3 is 9.73 Å². The van der Waals surface area contributed by atoms with Gasteiger partial charge in [0.2, 0.25) is 0 Å². The summed E-state index contributed by atoms with van der Waals surface area (Å²) in [7, 11) is 0. The Morgan fingerprint density at radius 3 is 2.96 bits per heavy atom. The minimum atomic E-state index is -0.428. The molecule has 0 radical (unpaired) electrons. The lowest BCUT2D eigenvalue weighted by Crippen LogP contribution is -2.26. The Morgan fingerprint density at radius 2 is 2.11 bits per heavy atom. The molecule has 8 heteroatoms. The zero-order valence-electron chi connectivity index (χ0n) is 14.1. The molecule has 1 aromatic carbocycles. The number of hydrogen-bond donors (Lipinski definition) is 1. The maximum atomic E-state index is 12.3. The van der Waals surface area contributed by atoms with Crippen molar-refractivity contribution in [2.45, 2.75) is 6.42 Å². The molecule has 0 atom stereocenters. The molecule has 7 nitrogen and oxygen atoms in total. The van der Waals surface area contributed by atoms with Crippen LogP contribution in [0.5, 0.6) is 0 Å². The van der Waals surface area contributed by atoms with Crippen molar-refractivity contribution in [3.05, 3.63) is 76.0 Å². The first-order chi connectivity index (χ1) is 13.2. The van der Waals surface area contributed by atoms with Crippen LogP contribution in [-0.2, 0) is 6.42 Å². The van der Waals surface area contributed by atoms with Gasteiger partial charge >= 0.3 is 0 Å². The summed E-state index contributed by atoms with van der Waals surface area (Å²) < 4.78 is 5.53. The van der Waals surface area contributed by atoms with Gasteiger partial charge in [-0.25, -0.2) is 4.98 Å². The Morgan fingerprint density at radius 1 is 1.22 bits per heavy atom. The molecular weight excluding hydrogens is 364 g/mol. The summed E-state index contributed by atoms with van der Waals surface area (Å²) in [6.45, 7) is 0.374. The highest BCUT2D eigenvalue weighted by atomic mass is 32.1. The van der Waals surface area contributed by atoms with Gasteiger partial charge in [-0.05, 0) is 12.1 Å². The van der Waals surface area contributed by atoms with Crippen LogP contribution in [0.4, 0.5) is 0 Å². The van der Waals surface area contributed by atoms with Crippen LogP contribution in [0, 0.1) is 0 Å². The highest BCUT2D eigenvalue weighted by molar-refractivity contribution is 7.13. The molecule has 0 bridgehead atoms. The number of carbonyl (C=O) groups excluding carboxylic acids is 1. The standard InChI is InChI=1S/C19H14N4O3S/c24-15-9-17(26-16-4-2-1-3-13(15)16)18(25)22-6-5-12-11-27-19(23-12)14-10-20-7-8-21-14/h1-4,7-11H,5-6H2,(H,22,25). The first-order valence-electron chi connectivity index (χ1n) is 8.22. The fourth-order valence-electron chi connectivity index (χ4n) is 2.56. The molecule has 134 valence electrons. The number of aromatic nitrogens is 3. The number of benzene rings is 1. The molecule has 0 fully saturated rings. The van der Waals surface area contributed by atoms with Crippen LogP contribution in [0.2, 0.25) is 0 Å². The van der Waals surface area contributed by atoms with Crippen LogP contribution in [0.1, 0.15) is 16.2 Å². The molecule has 4 rings (SSSR count). The largest absolute Gasteiger partial charge is 0.451 e. The van der Waals surface area contributed by atoms with Gasteiger partial charge in [-0.3, -0.25) is 19.6 Å². The molecule has 3 aromatic heterocycles. The molecule has 0 spiro atoms. The van der Waals surface area contributed by atoms with Crippen LogP contribution in [0.15, 0.2) is 63.5 Å². The minimum absolute atomic E-state index is 0.00257. The summed E-state index contributed by atoms with van der Waals surface area (Å²) in [4.78, 5) is 37.1. The van der Waals surface area contributed by atoms with Crippen molar-refractivity contribution in [2.75, 3.05) is 6.54 Å². The second-order valence-electron chi connectivity index (χ2n) is 5.71. The zero-order valence-corrected chi connectivity index (χ0v) is 14.9. The monoisotopic (exact) mass is 378 g/mol. The molecule has 0 saturated carbocycles. The Labute approximate surface area is 157 Å². The first-order valence-corrected chi connectivity index (χ1v) is 9.10. The van der Waals surface area contributed by atoms with Crippen LogP contribution in [0.25, 0.3) is 21.7 Å². The first kappa shape index (κ1) is 17.0. The van der Waals surface area contributed by atoms with Crippen LogP contribution < -0.4 is 10.7 Å². The molecule has 3 heterocycles. The third-order valence-corrected chi connectivity index (χ3v) is 4.77. The maximum Gasteiger partial charge on any atom is 0.287 e.